The van der Waals surface area contributed by atoms with Crippen LogP contribution in [-0.4, -0.2) is 49.0 Å². The maximum atomic E-state index is 11.0. The van der Waals surface area contributed by atoms with Gasteiger partial charge in [-0.3, -0.25) is 0 Å². The molecule has 0 saturated heterocycles. The fraction of sp³-hybridized carbons (Fsp3) is 0.600. The number of aromatic nitrogens is 3. The third-order valence-electron chi connectivity index (χ3n) is 3.51. The standard InChI is InChI=1S/C15H25N5O3S/c1-4-5-13-19-14-12(10-11(2)18-15(14)16)20(13)7-9-23-8-6-17-24(3,21)22/h10,17H,4-9H2,1-3H3,(H2,16,18). The molecule has 8 nitrogen and oxygen atoms in total. The van der Waals surface area contributed by atoms with Gasteiger partial charge in [0.25, 0.3) is 0 Å². The number of nitrogens with zero attached hydrogens (tertiary/aromatic N) is 3. The average Bonchev–Trinajstić information content (AvgIpc) is 2.80. The summed E-state index contributed by atoms with van der Waals surface area (Å²) in [6.07, 6.45) is 2.96. The monoisotopic (exact) mass is 355 g/mol. The third kappa shape index (κ3) is 4.89. The van der Waals surface area contributed by atoms with Crippen LogP contribution in [-0.2, 0) is 27.7 Å². The van der Waals surface area contributed by atoms with Crippen LogP contribution in [0.5, 0.6) is 0 Å². The number of nitrogens with two attached hydrogens (primary N) is 1. The highest BCUT2D eigenvalue weighted by Crippen LogP contribution is 2.22. The van der Waals surface area contributed by atoms with Crippen molar-refractivity contribution in [2.24, 2.45) is 0 Å². The van der Waals surface area contributed by atoms with Crippen molar-refractivity contribution in [2.45, 2.75) is 33.2 Å². The van der Waals surface area contributed by atoms with E-state index in [1.54, 1.807) is 0 Å². The van der Waals surface area contributed by atoms with Crippen LogP contribution in [0.2, 0.25) is 0 Å². The molecule has 0 radical (unpaired) electrons. The summed E-state index contributed by atoms with van der Waals surface area (Å²) in [4.78, 5) is 8.88. The second-order valence-corrected chi connectivity index (χ2v) is 7.56. The quantitative estimate of drug-likeness (QED) is 0.645. The number of sulfonamides is 1. The first kappa shape index (κ1) is 18.6. The molecule has 2 aromatic rings. The Kier molecular flexibility index (Phi) is 6.14. The maximum absolute atomic E-state index is 11.0. The SMILES string of the molecule is CCCc1nc2c(N)nc(C)cc2n1CCOCCNS(C)(=O)=O. The first-order valence-electron chi connectivity index (χ1n) is 7.96. The Bertz CT molecular complexity index is 801. The Morgan fingerprint density at radius 1 is 1.33 bits per heavy atom. The van der Waals surface area contributed by atoms with Gasteiger partial charge in [-0.2, -0.15) is 0 Å². The van der Waals surface area contributed by atoms with Gasteiger partial charge < -0.3 is 15.0 Å². The largest absolute Gasteiger partial charge is 0.382 e. The van der Waals surface area contributed by atoms with Gasteiger partial charge in [0, 0.05) is 25.2 Å². The zero-order chi connectivity index (χ0) is 17.7. The molecule has 0 unspecified atom stereocenters. The van der Waals surface area contributed by atoms with Crippen molar-refractivity contribution >= 4 is 26.9 Å². The fourth-order valence-electron chi connectivity index (χ4n) is 2.54. The van der Waals surface area contributed by atoms with Crippen molar-refractivity contribution in [1.82, 2.24) is 19.3 Å². The molecule has 0 amide bonds. The summed E-state index contributed by atoms with van der Waals surface area (Å²) in [5.74, 6) is 1.41. The van der Waals surface area contributed by atoms with Gasteiger partial charge in [0.2, 0.25) is 10.0 Å². The molecule has 0 spiro atoms. The summed E-state index contributed by atoms with van der Waals surface area (Å²) in [6, 6.07) is 1.98. The van der Waals surface area contributed by atoms with E-state index in [1.165, 1.54) is 0 Å². The highest BCUT2D eigenvalue weighted by atomic mass is 32.2. The van der Waals surface area contributed by atoms with Crippen molar-refractivity contribution in [3.63, 3.8) is 0 Å². The molecule has 0 bridgehead atoms. The van der Waals surface area contributed by atoms with E-state index < -0.39 is 10.0 Å². The molecule has 0 aliphatic heterocycles. The summed E-state index contributed by atoms with van der Waals surface area (Å²) in [5.41, 5.74) is 8.52. The van der Waals surface area contributed by atoms with E-state index in [2.05, 4.69) is 26.2 Å². The number of nitrogen functional groups attached to an aromatic ring is 1. The Hall–Kier alpha value is -1.71. The lowest BCUT2D eigenvalue weighted by Crippen LogP contribution is -2.26. The number of aryl methyl sites for hydroxylation is 2. The molecule has 9 heteroatoms. The average molecular weight is 355 g/mol. The molecule has 0 aromatic carbocycles. The fourth-order valence-corrected chi connectivity index (χ4v) is 3.00. The predicted molar refractivity (Wildman–Crippen MR) is 94.3 cm³/mol. The van der Waals surface area contributed by atoms with Crippen molar-refractivity contribution in [1.29, 1.82) is 0 Å². The molecular formula is C15H25N5O3S. The summed E-state index contributed by atoms with van der Waals surface area (Å²) >= 11 is 0. The summed E-state index contributed by atoms with van der Waals surface area (Å²) in [5, 5.41) is 0. The molecule has 0 aliphatic rings. The Balaban J connectivity index is 2.05. The van der Waals surface area contributed by atoms with E-state index in [9.17, 15) is 8.42 Å². The Morgan fingerprint density at radius 3 is 2.75 bits per heavy atom. The minimum atomic E-state index is -3.17. The zero-order valence-electron chi connectivity index (χ0n) is 14.4. The number of anilines is 1. The second-order valence-electron chi connectivity index (χ2n) is 5.73. The van der Waals surface area contributed by atoms with Crippen LogP contribution in [0.3, 0.4) is 0 Å². The van der Waals surface area contributed by atoms with Crippen molar-refractivity contribution in [2.75, 3.05) is 31.7 Å². The molecule has 2 rings (SSSR count). The minimum absolute atomic E-state index is 0.265. The highest BCUT2D eigenvalue weighted by molar-refractivity contribution is 7.88. The second kappa shape index (κ2) is 7.91. The van der Waals surface area contributed by atoms with E-state index in [-0.39, 0.29) is 6.54 Å². The molecule has 0 aliphatic carbocycles. The molecule has 24 heavy (non-hydrogen) atoms. The summed E-state index contributed by atoms with van der Waals surface area (Å²) < 4.78 is 32.0. The number of ether oxygens (including phenoxy) is 1. The van der Waals surface area contributed by atoms with Crippen molar-refractivity contribution < 1.29 is 13.2 Å². The number of pyridine rings is 1. The Labute approximate surface area is 142 Å². The van der Waals surface area contributed by atoms with E-state index in [1.807, 2.05) is 13.0 Å². The Morgan fingerprint density at radius 2 is 2.08 bits per heavy atom. The molecule has 0 saturated carbocycles. The van der Waals surface area contributed by atoms with Crippen LogP contribution >= 0.6 is 0 Å². The van der Waals surface area contributed by atoms with Gasteiger partial charge >= 0.3 is 0 Å². The van der Waals surface area contributed by atoms with Gasteiger partial charge in [-0.25, -0.2) is 23.1 Å². The maximum Gasteiger partial charge on any atom is 0.208 e. The molecule has 2 aromatic heterocycles. The van der Waals surface area contributed by atoms with Crippen LogP contribution in [0.1, 0.15) is 24.9 Å². The molecule has 2 heterocycles. The lowest BCUT2D eigenvalue weighted by Gasteiger charge is -2.10. The lowest BCUT2D eigenvalue weighted by molar-refractivity contribution is 0.131. The number of hydrogen-bond acceptors (Lipinski definition) is 6. The van der Waals surface area contributed by atoms with E-state index in [0.717, 1.165) is 41.6 Å². The van der Waals surface area contributed by atoms with Gasteiger partial charge in [0.05, 0.1) is 25.0 Å². The van der Waals surface area contributed by atoms with Gasteiger partial charge in [-0.15, -0.1) is 0 Å². The van der Waals surface area contributed by atoms with Crippen LogP contribution in [0, 0.1) is 6.92 Å². The van der Waals surface area contributed by atoms with Gasteiger partial charge in [0.15, 0.2) is 5.82 Å². The van der Waals surface area contributed by atoms with Crippen LogP contribution in [0.15, 0.2) is 6.07 Å². The third-order valence-corrected chi connectivity index (χ3v) is 4.24. The van der Waals surface area contributed by atoms with Crippen molar-refractivity contribution in [3.8, 4) is 0 Å². The number of rotatable bonds is 9. The molecule has 3 N–H and O–H groups in total. The number of nitrogens with one attached hydrogen (secondary N) is 1. The van der Waals surface area contributed by atoms with Gasteiger partial charge in [-0.1, -0.05) is 6.92 Å². The van der Waals surface area contributed by atoms with E-state index in [0.29, 0.717) is 25.6 Å². The van der Waals surface area contributed by atoms with E-state index >= 15 is 0 Å². The normalized spacial score (nSPS) is 12.1. The lowest BCUT2D eigenvalue weighted by atomic mass is 10.3. The van der Waals surface area contributed by atoms with E-state index in [4.69, 9.17) is 10.5 Å². The van der Waals surface area contributed by atoms with Gasteiger partial charge in [-0.05, 0) is 19.4 Å². The number of fused-ring (bicyclic) bond motifs is 1. The van der Waals surface area contributed by atoms with Crippen LogP contribution in [0.4, 0.5) is 5.82 Å². The molecular weight excluding hydrogens is 330 g/mol. The smallest absolute Gasteiger partial charge is 0.208 e. The highest BCUT2D eigenvalue weighted by Gasteiger charge is 2.13. The summed E-state index contributed by atoms with van der Waals surface area (Å²) in [7, 11) is -3.17. The van der Waals surface area contributed by atoms with Crippen LogP contribution < -0.4 is 10.5 Å². The van der Waals surface area contributed by atoms with Crippen molar-refractivity contribution in [3.05, 3.63) is 17.6 Å². The topological polar surface area (TPSA) is 112 Å². The molecule has 134 valence electrons. The zero-order valence-corrected chi connectivity index (χ0v) is 15.2. The minimum Gasteiger partial charge on any atom is -0.382 e. The summed E-state index contributed by atoms with van der Waals surface area (Å²) in [6.45, 7) is 5.69. The number of imidazole rings is 1. The number of hydrogen-bond donors (Lipinski definition) is 2. The molecule has 0 atom stereocenters. The molecule has 0 fully saturated rings. The predicted octanol–water partition coefficient (Wildman–Crippen LogP) is 0.840. The van der Waals surface area contributed by atoms with Crippen LogP contribution in [0.25, 0.3) is 11.0 Å². The first-order chi connectivity index (χ1) is 11.3. The van der Waals surface area contributed by atoms with Gasteiger partial charge in [0.1, 0.15) is 11.3 Å². The first-order valence-corrected chi connectivity index (χ1v) is 9.85.